The maximum Gasteiger partial charge on any atom is 0.213 e. The zero-order chi connectivity index (χ0) is 10.8. The van der Waals surface area contributed by atoms with Crippen LogP contribution >= 0.6 is 15.9 Å². The predicted molar refractivity (Wildman–Crippen MR) is 55.7 cm³/mol. The highest BCUT2D eigenvalue weighted by molar-refractivity contribution is 9.10. The Morgan fingerprint density at radius 2 is 2.14 bits per heavy atom. The lowest BCUT2D eigenvalue weighted by Crippen LogP contribution is -2.14. The Kier molecular flexibility index (Phi) is 3.26. The number of primary sulfonamides is 1. The highest BCUT2D eigenvalue weighted by atomic mass is 79.9. The van der Waals surface area contributed by atoms with Crippen molar-refractivity contribution in [2.45, 2.75) is 5.75 Å². The molecule has 4 nitrogen and oxygen atoms in total. The van der Waals surface area contributed by atoms with E-state index in [1.807, 2.05) is 6.07 Å². The van der Waals surface area contributed by atoms with E-state index < -0.39 is 10.0 Å². The SMILES string of the molecule is N#Cc1ccc(Br)c(CS(N)(=O)=O)c1. The van der Waals surface area contributed by atoms with Gasteiger partial charge in [0, 0.05) is 4.47 Å². The van der Waals surface area contributed by atoms with Gasteiger partial charge in [-0.1, -0.05) is 15.9 Å². The van der Waals surface area contributed by atoms with Gasteiger partial charge in [-0.2, -0.15) is 5.26 Å². The van der Waals surface area contributed by atoms with Crippen molar-refractivity contribution in [1.29, 1.82) is 5.26 Å². The first-order valence-corrected chi connectivity index (χ1v) is 6.12. The smallest absolute Gasteiger partial charge is 0.213 e. The van der Waals surface area contributed by atoms with Crippen LogP contribution < -0.4 is 5.14 Å². The average molecular weight is 275 g/mol. The van der Waals surface area contributed by atoms with Gasteiger partial charge in [0.25, 0.3) is 0 Å². The van der Waals surface area contributed by atoms with E-state index in [4.69, 9.17) is 10.4 Å². The number of nitriles is 1. The zero-order valence-electron chi connectivity index (χ0n) is 7.07. The Labute approximate surface area is 90.5 Å². The van der Waals surface area contributed by atoms with Gasteiger partial charge in [-0.05, 0) is 23.8 Å². The summed E-state index contributed by atoms with van der Waals surface area (Å²) >= 11 is 3.18. The van der Waals surface area contributed by atoms with Crippen molar-refractivity contribution in [3.05, 3.63) is 33.8 Å². The Hall–Kier alpha value is -0.900. The van der Waals surface area contributed by atoms with Gasteiger partial charge in [0.1, 0.15) is 0 Å². The molecule has 2 N–H and O–H groups in total. The molecular weight excluding hydrogens is 268 g/mol. The summed E-state index contributed by atoms with van der Waals surface area (Å²) in [6.07, 6.45) is 0. The molecule has 74 valence electrons. The van der Waals surface area contributed by atoms with E-state index in [9.17, 15) is 8.42 Å². The van der Waals surface area contributed by atoms with Crippen LogP contribution in [0.3, 0.4) is 0 Å². The van der Waals surface area contributed by atoms with E-state index in [-0.39, 0.29) is 5.75 Å². The summed E-state index contributed by atoms with van der Waals surface area (Å²) < 4.78 is 22.3. The van der Waals surface area contributed by atoms with Gasteiger partial charge < -0.3 is 0 Å². The molecule has 6 heteroatoms. The number of benzene rings is 1. The molecule has 0 amide bonds. The van der Waals surface area contributed by atoms with E-state index in [1.54, 1.807) is 12.1 Å². The zero-order valence-corrected chi connectivity index (χ0v) is 9.47. The Morgan fingerprint density at radius 3 is 2.64 bits per heavy atom. The number of nitrogens with two attached hydrogens (primary N) is 1. The fourth-order valence-electron chi connectivity index (χ4n) is 0.972. The molecule has 0 fully saturated rings. The van der Waals surface area contributed by atoms with Crippen LogP contribution in [0.2, 0.25) is 0 Å². The second kappa shape index (κ2) is 4.09. The first-order valence-electron chi connectivity index (χ1n) is 3.61. The van der Waals surface area contributed by atoms with E-state index in [0.29, 0.717) is 15.6 Å². The number of halogens is 1. The van der Waals surface area contributed by atoms with Crippen molar-refractivity contribution in [1.82, 2.24) is 0 Å². The van der Waals surface area contributed by atoms with E-state index >= 15 is 0 Å². The van der Waals surface area contributed by atoms with Crippen molar-refractivity contribution in [2.75, 3.05) is 0 Å². The van der Waals surface area contributed by atoms with Gasteiger partial charge in [0.2, 0.25) is 10.0 Å². The highest BCUT2D eigenvalue weighted by Gasteiger charge is 2.09. The summed E-state index contributed by atoms with van der Waals surface area (Å²) in [7, 11) is -3.56. The van der Waals surface area contributed by atoms with E-state index in [1.165, 1.54) is 6.07 Å². The molecule has 0 aliphatic heterocycles. The summed E-state index contributed by atoms with van der Waals surface area (Å²) in [4.78, 5) is 0. The van der Waals surface area contributed by atoms with Gasteiger partial charge in [0.05, 0.1) is 17.4 Å². The Morgan fingerprint density at radius 1 is 1.50 bits per heavy atom. The minimum atomic E-state index is -3.56. The second-order valence-electron chi connectivity index (χ2n) is 2.73. The standard InChI is InChI=1S/C8H7BrN2O2S/c9-8-2-1-6(4-10)3-7(8)5-14(11,12)13/h1-3H,5H2,(H2,11,12,13). The molecule has 14 heavy (non-hydrogen) atoms. The van der Waals surface area contributed by atoms with Gasteiger partial charge in [0.15, 0.2) is 0 Å². The van der Waals surface area contributed by atoms with E-state index in [0.717, 1.165) is 0 Å². The fourth-order valence-corrected chi connectivity index (χ4v) is 2.22. The molecule has 1 rings (SSSR count). The van der Waals surface area contributed by atoms with Crippen molar-refractivity contribution in [3.8, 4) is 6.07 Å². The quantitative estimate of drug-likeness (QED) is 0.877. The van der Waals surface area contributed by atoms with Crippen molar-refractivity contribution >= 4 is 26.0 Å². The molecule has 0 saturated carbocycles. The number of nitrogens with zero attached hydrogens (tertiary/aromatic N) is 1. The van der Waals surface area contributed by atoms with Crippen LogP contribution in [-0.4, -0.2) is 8.42 Å². The minimum Gasteiger partial charge on any atom is -0.228 e. The summed E-state index contributed by atoms with van der Waals surface area (Å²) in [5.74, 6) is -0.275. The van der Waals surface area contributed by atoms with Crippen LogP contribution in [0.4, 0.5) is 0 Å². The molecule has 0 aromatic heterocycles. The summed E-state index contributed by atoms with van der Waals surface area (Å²) in [5.41, 5.74) is 0.901. The van der Waals surface area contributed by atoms with Crippen LogP contribution in [0.1, 0.15) is 11.1 Å². The molecule has 1 aromatic carbocycles. The molecule has 0 saturated heterocycles. The maximum atomic E-state index is 10.8. The third kappa shape index (κ3) is 3.10. The summed E-state index contributed by atoms with van der Waals surface area (Å²) in [6, 6.07) is 6.64. The molecule has 0 atom stereocenters. The Balaban J connectivity index is 3.15. The lowest BCUT2D eigenvalue weighted by molar-refractivity contribution is 0.597. The average Bonchev–Trinajstić information content (AvgIpc) is 2.06. The van der Waals surface area contributed by atoms with Crippen molar-refractivity contribution in [3.63, 3.8) is 0 Å². The predicted octanol–water partition coefficient (Wildman–Crippen LogP) is 1.11. The van der Waals surface area contributed by atoms with Crippen LogP contribution in [-0.2, 0) is 15.8 Å². The topological polar surface area (TPSA) is 83.9 Å². The molecule has 0 radical (unpaired) electrons. The summed E-state index contributed by atoms with van der Waals surface area (Å²) in [5, 5.41) is 13.5. The number of sulfonamides is 1. The van der Waals surface area contributed by atoms with Crippen molar-refractivity contribution in [2.24, 2.45) is 5.14 Å². The third-order valence-electron chi connectivity index (χ3n) is 1.53. The molecule has 0 unspecified atom stereocenters. The molecular formula is C8H7BrN2O2S. The lowest BCUT2D eigenvalue weighted by atomic mass is 10.2. The molecule has 0 bridgehead atoms. The van der Waals surface area contributed by atoms with Crippen LogP contribution in [0.5, 0.6) is 0 Å². The van der Waals surface area contributed by atoms with Gasteiger partial charge >= 0.3 is 0 Å². The van der Waals surface area contributed by atoms with Crippen LogP contribution in [0.15, 0.2) is 22.7 Å². The maximum absolute atomic E-state index is 10.8. The molecule has 0 aliphatic carbocycles. The summed E-state index contributed by atoms with van der Waals surface area (Å²) in [6.45, 7) is 0. The first-order chi connectivity index (χ1) is 6.42. The molecule has 1 aromatic rings. The van der Waals surface area contributed by atoms with Crippen LogP contribution in [0, 0.1) is 11.3 Å². The first kappa shape index (κ1) is 11.2. The normalized spacial score (nSPS) is 10.9. The molecule has 0 heterocycles. The fraction of sp³-hybridized carbons (Fsp3) is 0.125. The van der Waals surface area contributed by atoms with Crippen molar-refractivity contribution < 1.29 is 8.42 Å². The molecule has 0 aliphatic rings. The third-order valence-corrected chi connectivity index (χ3v) is 3.02. The van der Waals surface area contributed by atoms with Gasteiger partial charge in [-0.3, -0.25) is 0 Å². The number of hydrogen-bond acceptors (Lipinski definition) is 3. The van der Waals surface area contributed by atoms with Crippen LogP contribution in [0.25, 0.3) is 0 Å². The molecule has 0 spiro atoms. The lowest BCUT2D eigenvalue weighted by Gasteiger charge is -2.02. The highest BCUT2D eigenvalue weighted by Crippen LogP contribution is 2.19. The van der Waals surface area contributed by atoms with Gasteiger partial charge in [-0.25, -0.2) is 13.6 Å². The monoisotopic (exact) mass is 274 g/mol. The minimum absolute atomic E-state index is 0.275. The van der Waals surface area contributed by atoms with Gasteiger partial charge in [-0.15, -0.1) is 0 Å². The number of hydrogen-bond donors (Lipinski definition) is 1. The largest absolute Gasteiger partial charge is 0.228 e. The Bertz CT molecular complexity index is 491. The van der Waals surface area contributed by atoms with E-state index in [2.05, 4.69) is 15.9 Å². The number of rotatable bonds is 2. The second-order valence-corrected chi connectivity index (χ2v) is 5.19.